The molecule has 1 atom stereocenters. The molecule has 46 heavy (non-hydrogen) atoms. The van der Waals surface area contributed by atoms with E-state index in [-0.39, 0.29) is 5.91 Å². The number of aliphatic hydroxyl groups excluding tert-OH is 1. The van der Waals surface area contributed by atoms with Crippen molar-refractivity contribution in [3.05, 3.63) is 94.7 Å². The monoisotopic (exact) mass is 622 g/mol. The normalized spacial score (nSPS) is 13.5. The highest BCUT2D eigenvalue weighted by atomic mass is 16.3. The van der Waals surface area contributed by atoms with Crippen LogP contribution in [0.1, 0.15) is 60.5 Å². The van der Waals surface area contributed by atoms with E-state index in [1.54, 1.807) is 15.4 Å². The lowest BCUT2D eigenvalue weighted by molar-refractivity contribution is 0.0985. The van der Waals surface area contributed by atoms with Crippen LogP contribution in [0.2, 0.25) is 0 Å². The Labute approximate surface area is 267 Å². The summed E-state index contributed by atoms with van der Waals surface area (Å²) in [5.41, 5.74) is 8.22. The Balaban J connectivity index is 1.31. The first kappa shape index (κ1) is 31.0. The summed E-state index contributed by atoms with van der Waals surface area (Å²) in [4.78, 5) is 22.8. The van der Waals surface area contributed by atoms with Gasteiger partial charge in [-0.2, -0.15) is 15.2 Å². The molecule has 2 aromatic carbocycles. The average molecular weight is 623 g/mol. The number of nitrogens with zero attached hydrogens (tertiary/aromatic N) is 10. The third kappa shape index (κ3) is 5.64. The Bertz CT molecular complexity index is 2180. The van der Waals surface area contributed by atoms with Crippen LogP contribution in [0.3, 0.4) is 0 Å². The Morgan fingerprint density at radius 1 is 0.761 bits per heavy atom. The first-order valence-electron chi connectivity index (χ1n) is 15.9. The smallest absolute Gasteiger partial charge is 0.298 e. The molecule has 12 nitrogen and oxygen atoms in total. The van der Waals surface area contributed by atoms with Gasteiger partial charge < -0.3 is 23.4 Å². The molecule has 0 aliphatic carbocycles. The number of para-hydroxylation sites is 4. The molecule has 4 heterocycles. The minimum Gasteiger partial charge on any atom is -0.367 e. The molecule has 0 bridgehead atoms. The van der Waals surface area contributed by atoms with Gasteiger partial charge in [0, 0.05) is 40.3 Å². The van der Waals surface area contributed by atoms with Crippen LogP contribution in [0.4, 0.5) is 0 Å². The summed E-state index contributed by atoms with van der Waals surface area (Å²) < 4.78 is 11.8. The minimum absolute atomic E-state index is 0.308. The van der Waals surface area contributed by atoms with Gasteiger partial charge in [0.2, 0.25) is 11.2 Å². The van der Waals surface area contributed by atoms with Crippen LogP contribution in [0.5, 0.6) is 0 Å². The topological polar surface area (TPSA) is 117 Å². The van der Waals surface area contributed by atoms with Crippen molar-refractivity contribution in [3.63, 3.8) is 0 Å². The molecule has 0 aliphatic heterocycles. The average Bonchev–Trinajstić information content (AvgIpc) is 3.78. The predicted octanol–water partition coefficient (Wildman–Crippen LogP) is 4.14. The first-order valence-corrected chi connectivity index (χ1v) is 15.9. The summed E-state index contributed by atoms with van der Waals surface area (Å²) in [5.74, 6) is -0.308. The fourth-order valence-corrected chi connectivity index (χ4v) is 6.33. The number of imidazole rings is 2. The van der Waals surface area contributed by atoms with Gasteiger partial charge in [-0.1, -0.05) is 24.3 Å². The Hall–Kier alpha value is -4.97. The molecule has 240 valence electrons. The Morgan fingerprint density at radius 3 is 1.85 bits per heavy atom. The summed E-state index contributed by atoms with van der Waals surface area (Å²) in [5, 5.41) is 20.1. The maximum Gasteiger partial charge on any atom is 0.298 e. The van der Waals surface area contributed by atoms with E-state index in [2.05, 4.69) is 42.5 Å². The number of hydrogen-bond donors (Lipinski definition) is 1. The number of benzene rings is 2. The second kappa shape index (κ2) is 12.8. The molecule has 0 radical (unpaired) electrons. The van der Waals surface area contributed by atoms with Gasteiger partial charge in [-0.25, -0.2) is 4.99 Å². The van der Waals surface area contributed by atoms with Crippen molar-refractivity contribution in [2.45, 2.75) is 72.9 Å². The van der Waals surface area contributed by atoms with Gasteiger partial charge in [-0.15, -0.1) is 0 Å². The number of unbranched alkanes of at least 4 members (excludes halogenated alkanes) is 1. The number of fused-ring (bicyclic) bond motifs is 2. The third-order valence-corrected chi connectivity index (χ3v) is 8.52. The zero-order chi connectivity index (χ0) is 32.5. The van der Waals surface area contributed by atoms with Gasteiger partial charge in [-0.05, 0) is 76.9 Å². The SMILES string of the molecule is CCn1nc(C)cc1C(=O)N=c1n(C)c2ccccc2n1CCCCn1c(=NC(O)c2cc(C)nn2CC)n(C)c2ccccc21. The second-order valence-electron chi connectivity index (χ2n) is 11.6. The highest BCUT2D eigenvalue weighted by Crippen LogP contribution is 2.18. The van der Waals surface area contributed by atoms with Crippen molar-refractivity contribution in [2.75, 3.05) is 0 Å². The van der Waals surface area contributed by atoms with Crippen molar-refractivity contribution < 1.29 is 9.90 Å². The lowest BCUT2D eigenvalue weighted by Gasteiger charge is -2.10. The van der Waals surface area contributed by atoms with Crippen molar-refractivity contribution in [1.29, 1.82) is 0 Å². The number of amides is 1. The van der Waals surface area contributed by atoms with E-state index in [4.69, 9.17) is 4.99 Å². The molecule has 0 saturated heterocycles. The van der Waals surface area contributed by atoms with Gasteiger partial charge >= 0.3 is 0 Å². The van der Waals surface area contributed by atoms with Crippen LogP contribution in [0, 0.1) is 13.8 Å². The Kier molecular flexibility index (Phi) is 8.63. The molecule has 6 aromatic rings. The van der Waals surface area contributed by atoms with Crippen molar-refractivity contribution in [1.82, 2.24) is 37.8 Å². The van der Waals surface area contributed by atoms with E-state index >= 15 is 0 Å². The molecule has 12 heteroatoms. The maximum absolute atomic E-state index is 13.4. The van der Waals surface area contributed by atoms with Gasteiger partial charge in [-0.3, -0.25) is 14.2 Å². The third-order valence-electron chi connectivity index (χ3n) is 8.52. The van der Waals surface area contributed by atoms with Gasteiger partial charge in [0.15, 0.2) is 6.23 Å². The molecule has 0 spiro atoms. The number of rotatable bonds is 10. The molecule has 0 aliphatic rings. The molecule has 1 unspecified atom stereocenters. The van der Waals surface area contributed by atoms with Crippen LogP contribution in [-0.2, 0) is 40.3 Å². The molecule has 6 rings (SSSR count). The van der Waals surface area contributed by atoms with Crippen LogP contribution in [-0.4, -0.2) is 48.8 Å². The molecule has 4 aromatic heterocycles. The van der Waals surface area contributed by atoms with E-state index < -0.39 is 6.23 Å². The summed E-state index contributed by atoms with van der Waals surface area (Å²) in [6, 6.07) is 20.0. The highest BCUT2D eigenvalue weighted by Gasteiger charge is 2.17. The van der Waals surface area contributed by atoms with Gasteiger partial charge in [0.1, 0.15) is 5.69 Å². The largest absolute Gasteiger partial charge is 0.367 e. The number of aryl methyl sites for hydroxylation is 8. The van der Waals surface area contributed by atoms with E-state index in [0.717, 1.165) is 46.3 Å². The molecular weight excluding hydrogens is 580 g/mol. The second-order valence-corrected chi connectivity index (χ2v) is 11.6. The fourth-order valence-electron chi connectivity index (χ4n) is 6.33. The lowest BCUT2D eigenvalue weighted by atomic mass is 10.2. The van der Waals surface area contributed by atoms with E-state index in [1.165, 1.54) is 0 Å². The minimum atomic E-state index is -1.05. The van der Waals surface area contributed by atoms with Crippen LogP contribution < -0.4 is 11.2 Å². The summed E-state index contributed by atoms with van der Waals surface area (Å²) in [6.07, 6.45) is 0.631. The Morgan fingerprint density at radius 2 is 1.26 bits per heavy atom. The van der Waals surface area contributed by atoms with Crippen LogP contribution >= 0.6 is 0 Å². The van der Waals surface area contributed by atoms with E-state index in [9.17, 15) is 9.90 Å². The molecule has 1 N–H and O–H groups in total. The van der Waals surface area contributed by atoms with Crippen LogP contribution in [0.25, 0.3) is 22.1 Å². The van der Waals surface area contributed by atoms with Crippen LogP contribution in [0.15, 0.2) is 70.6 Å². The number of carbonyl (C=O) groups excluding carboxylic acids is 1. The zero-order valence-corrected chi connectivity index (χ0v) is 27.4. The van der Waals surface area contributed by atoms with Crippen molar-refractivity contribution in [3.8, 4) is 0 Å². The quantitative estimate of drug-likeness (QED) is 0.231. The van der Waals surface area contributed by atoms with E-state index in [1.807, 2.05) is 87.3 Å². The molecule has 0 saturated carbocycles. The number of hydrogen-bond acceptors (Lipinski definition) is 5. The van der Waals surface area contributed by atoms with E-state index in [0.29, 0.717) is 48.8 Å². The summed E-state index contributed by atoms with van der Waals surface area (Å²) >= 11 is 0. The standard InChI is InChI=1S/C34H42N10O2/c1-7-43-29(21-23(3)37-43)31(45)35-33-39(5)25-15-9-11-17-27(25)41(33)19-13-14-20-42-28-18-12-10-16-26(28)40(6)34(42)36-32(46)30-22-24(4)38-44(30)8-2/h9-12,15-18,21-22,31,45H,7-8,13-14,19-20H2,1-6H3. The van der Waals surface area contributed by atoms with Crippen molar-refractivity contribution >= 4 is 28.0 Å². The predicted molar refractivity (Wildman–Crippen MR) is 177 cm³/mol. The van der Waals surface area contributed by atoms with Gasteiger partial charge in [0.05, 0.1) is 39.1 Å². The summed E-state index contributed by atoms with van der Waals surface area (Å²) in [7, 11) is 3.93. The number of aromatic nitrogens is 8. The number of carbonyl (C=O) groups is 1. The molecule has 1 amide bonds. The first-order chi connectivity index (χ1) is 22.2. The molecular formula is C34H42N10O2. The highest BCUT2D eigenvalue weighted by molar-refractivity contribution is 5.93. The zero-order valence-electron chi connectivity index (χ0n) is 27.4. The van der Waals surface area contributed by atoms with Crippen molar-refractivity contribution in [2.24, 2.45) is 24.1 Å². The fraction of sp³-hybridized carbons (Fsp3) is 0.382. The molecule has 0 fully saturated rings. The summed E-state index contributed by atoms with van der Waals surface area (Å²) in [6.45, 7) is 10.4. The number of aliphatic hydroxyl groups is 1. The van der Waals surface area contributed by atoms with Gasteiger partial charge in [0.25, 0.3) is 5.91 Å². The lowest BCUT2D eigenvalue weighted by Crippen LogP contribution is -2.28. The maximum atomic E-state index is 13.4.